The van der Waals surface area contributed by atoms with Gasteiger partial charge in [-0.05, 0) is 48.2 Å². The number of nitrogens with one attached hydrogen (secondary N) is 1. The Labute approximate surface area is 165 Å². The number of nitrogens with zero attached hydrogens (tertiary/aromatic N) is 1. The molecule has 0 fully saturated rings. The van der Waals surface area contributed by atoms with Crippen LogP contribution in [0.4, 0.5) is 0 Å². The summed E-state index contributed by atoms with van der Waals surface area (Å²) in [5.74, 6) is 0.712. The maximum absolute atomic E-state index is 12.7. The molecule has 28 heavy (non-hydrogen) atoms. The Bertz CT molecular complexity index is 988. The van der Waals surface area contributed by atoms with Gasteiger partial charge in [-0.2, -0.15) is 5.26 Å². The Morgan fingerprint density at radius 2 is 1.64 bits per heavy atom. The second-order valence-corrected chi connectivity index (χ2v) is 6.41. The highest BCUT2D eigenvalue weighted by atomic mass is 16.5. The van der Waals surface area contributed by atoms with E-state index in [-0.39, 0.29) is 5.91 Å². The Morgan fingerprint density at radius 1 is 0.964 bits per heavy atom. The van der Waals surface area contributed by atoms with Gasteiger partial charge in [0.15, 0.2) is 0 Å². The second-order valence-electron chi connectivity index (χ2n) is 6.41. The molecule has 4 nitrogen and oxygen atoms in total. The van der Waals surface area contributed by atoms with Crippen LogP contribution in [0, 0.1) is 11.3 Å². The monoisotopic (exact) mass is 370 g/mol. The van der Waals surface area contributed by atoms with Crippen molar-refractivity contribution in [3.63, 3.8) is 0 Å². The Morgan fingerprint density at radius 3 is 2.36 bits per heavy atom. The van der Waals surface area contributed by atoms with E-state index in [4.69, 9.17) is 4.74 Å². The third-order valence-corrected chi connectivity index (χ3v) is 4.60. The molecule has 3 aromatic carbocycles. The molecule has 0 radical (unpaired) electrons. The minimum Gasteiger partial charge on any atom is -0.497 e. The third-order valence-electron chi connectivity index (χ3n) is 4.60. The lowest BCUT2D eigenvalue weighted by atomic mass is 9.95. The van der Waals surface area contributed by atoms with Gasteiger partial charge in [0, 0.05) is 17.7 Å². The SMILES string of the molecule is COc1ccc(CCCNC(=O)c2ccccc2-c2ccccc2C#N)cc1. The fraction of sp³-hybridized carbons (Fsp3) is 0.167. The minimum absolute atomic E-state index is 0.127. The molecule has 4 heteroatoms. The van der Waals surface area contributed by atoms with Gasteiger partial charge in [0.1, 0.15) is 5.75 Å². The number of benzene rings is 3. The predicted molar refractivity (Wildman–Crippen MR) is 110 cm³/mol. The average Bonchev–Trinajstić information content (AvgIpc) is 2.77. The van der Waals surface area contributed by atoms with Crippen LogP contribution in [0.25, 0.3) is 11.1 Å². The second kappa shape index (κ2) is 9.38. The van der Waals surface area contributed by atoms with E-state index in [9.17, 15) is 10.1 Å². The molecule has 0 bridgehead atoms. The van der Waals surface area contributed by atoms with E-state index in [1.165, 1.54) is 5.56 Å². The smallest absolute Gasteiger partial charge is 0.251 e. The summed E-state index contributed by atoms with van der Waals surface area (Å²) in [5.41, 5.74) is 3.89. The number of rotatable bonds is 7. The van der Waals surface area contributed by atoms with Gasteiger partial charge < -0.3 is 10.1 Å². The van der Waals surface area contributed by atoms with E-state index in [1.807, 2.05) is 60.7 Å². The normalized spacial score (nSPS) is 10.1. The van der Waals surface area contributed by atoms with Crippen LogP contribution in [0.5, 0.6) is 5.75 Å². The minimum atomic E-state index is -0.127. The van der Waals surface area contributed by atoms with Crippen LogP contribution in [-0.2, 0) is 6.42 Å². The van der Waals surface area contributed by atoms with Crippen molar-refractivity contribution < 1.29 is 9.53 Å². The molecule has 0 aliphatic rings. The van der Waals surface area contributed by atoms with E-state index in [1.54, 1.807) is 19.2 Å². The maximum atomic E-state index is 12.7. The molecule has 0 aromatic heterocycles. The summed E-state index contributed by atoms with van der Waals surface area (Å²) in [7, 11) is 1.65. The molecule has 0 saturated carbocycles. The van der Waals surface area contributed by atoms with Crippen molar-refractivity contribution in [2.24, 2.45) is 0 Å². The molecule has 0 saturated heterocycles. The van der Waals surface area contributed by atoms with Crippen molar-refractivity contribution in [3.05, 3.63) is 89.5 Å². The molecule has 1 amide bonds. The molecule has 3 rings (SSSR count). The lowest BCUT2D eigenvalue weighted by Gasteiger charge is -2.11. The largest absolute Gasteiger partial charge is 0.497 e. The molecule has 0 heterocycles. The number of aryl methyl sites for hydroxylation is 1. The summed E-state index contributed by atoms with van der Waals surface area (Å²) < 4.78 is 5.16. The van der Waals surface area contributed by atoms with Crippen molar-refractivity contribution in [2.75, 3.05) is 13.7 Å². The van der Waals surface area contributed by atoms with Gasteiger partial charge in [0.05, 0.1) is 18.7 Å². The van der Waals surface area contributed by atoms with Crippen LogP contribution in [0.2, 0.25) is 0 Å². The maximum Gasteiger partial charge on any atom is 0.251 e. The van der Waals surface area contributed by atoms with Crippen molar-refractivity contribution >= 4 is 5.91 Å². The van der Waals surface area contributed by atoms with E-state index in [2.05, 4.69) is 11.4 Å². The van der Waals surface area contributed by atoms with Gasteiger partial charge in [0.25, 0.3) is 5.91 Å². The summed E-state index contributed by atoms with van der Waals surface area (Å²) in [6.07, 6.45) is 1.72. The van der Waals surface area contributed by atoms with E-state index >= 15 is 0 Å². The molecule has 0 atom stereocenters. The fourth-order valence-electron chi connectivity index (χ4n) is 3.11. The standard InChI is InChI=1S/C24H22N2O2/c1-28-20-14-12-18(13-15-20)7-6-16-26-24(27)23-11-5-4-10-22(23)21-9-3-2-8-19(21)17-25/h2-5,8-15H,6-7,16H2,1H3,(H,26,27). The number of ether oxygens (including phenoxy) is 1. The number of carbonyl (C=O) groups excluding carboxylic acids is 1. The molecule has 3 aromatic rings. The average molecular weight is 370 g/mol. The Hall–Kier alpha value is -3.58. The van der Waals surface area contributed by atoms with Crippen LogP contribution in [0.15, 0.2) is 72.8 Å². The molecule has 0 aliphatic carbocycles. The topological polar surface area (TPSA) is 62.1 Å². The third kappa shape index (κ3) is 4.57. The van der Waals surface area contributed by atoms with Gasteiger partial charge in [-0.3, -0.25) is 4.79 Å². The Kier molecular flexibility index (Phi) is 6.43. The summed E-state index contributed by atoms with van der Waals surface area (Å²) in [6.45, 7) is 0.582. The molecule has 140 valence electrons. The zero-order valence-electron chi connectivity index (χ0n) is 15.8. The number of nitriles is 1. The molecular formula is C24H22N2O2. The zero-order chi connectivity index (χ0) is 19.8. The van der Waals surface area contributed by atoms with Crippen molar-refractivity contribution in [1.82, 2.24) is 5.32 Å². The number of hydrogen-bond acceptors (Lipinski definition) is 3. The number of carbonyl (C=O) groups is 1. The summed E-state index contributed by atoms with van der Waals surface area (Å²) >= 11 is 0. The number of hydrogen-bond donors (Lipinski definition) is 1. The van der Waals surface area contributed by atoms with Gasteiger partial charge in [-0.1, -0.05) is 48.5 Å². The van der Waals surface area contributed by atoms with Crippen molar-refractivity contribution in [1.29, 1.82) is 5.26 Å². The highest BCUT2D eigenvalue weighted by Crippen LogP contribution is 2.26. The first-order valence-electron chi connectivity index (χ1n) is 9.22. The van der Waals surface area contributed by atoms with Crippen LogP contribution in [-0.4, -0.2) is 19.6 Å². The predicted octanol–water partition coefficient (Wildman–Crippen LogP) is 4.60. The van der Waals surface area contributed by atoms with Gasteiger partial charge in [-0.15, -0.1) is 0 Å². The first-order valence-corrected chi connectivity index (χ1v) is 9.22. The van der Waals surface area contributed by atoms with Crippen LogP contribution >= 0.6 is 0 Å². The van der Waals surface area contributed by atoms with Crippen LogP contribution in [0.1, 0.15) is 27.9 Å². The first-order chi connectivity index (χ1) is 13.7. The van der Waals surface area contributed by atoms with Gasteiger partial charge in [0.2, 0.25) is 0 Å². The van der Waals surface area contributed by atoms with Crippen LogP contribution < -0.4 is 10.1 Å². The lowest BCUT2D eigenvalue weighted by Crippen LogP contribution is -2.25. The van der Waals surface area contributed by atoms with Gasteiger partial charge in [-0.25, -0.2) is 0 Å². The van der Waals surface area contributed by atoms with Crippen molar-refractivity contribution in [3.8, 4) is 22.9 Å². The summed E-state index contributed by atoms with van der Waals surface area (Å²) in [5, 5.41) is 12.4. The first kappa shape index (κ1) is 19.2. The summed E-state index contributed by atoms with van der Waals surface area (Å²) in [4.78, 5) is 12.7. The molecule has 0 unspecified atom stereocenters. The number of methoxy groups -OCH3 is 1. The highest BCUT2D eigenvalue weighted by molar-refractivity contribution is 6.01. The van der Waals surface area contributed by atoms with E-state index in [0.717, 1.165) is 29.7 Å². The molecular weight excluding hydrogens is 348 g/mol. The Balaban J connectivity index is 1.64. The summed E-state index contributed by atoms with van der Waals surface area (Å²) in [6, 6.07) is 24.9. The van der Waals surface area contributed by atoms with E-state index < -0.39 is 0 Å². The number of amides is 1. The molecule has 1 N–H and O–H groups in total. The van der Waals surface area contributed by atoms with Gasteiger partial charge >= 0.3 is 0 Å². The van der Waals surface area contributed by atoms with E-state index in [0.29, 0.717) is 17.7 Å². The van der Waals surface area contributed by atoms with Crippen LogP contribution in [0.3, 0.4) is 0 Å². The molecule has 0 aliphatic heterocycles. The fourth-order valence-corrected chi connectivity index (χ4v) is 3.11. The quantitative estimate of drug-likeness (QED) is 0.619. The highest BCUT2D eigenvalue weighted by Gasteiger charge is 2.14. The van der Waals surface area contributed by atoms with Crippen molar-refractivity contribution in [2.45, 2.75) is 12.8 Å². The molecule has 0 spiro atoms. The lowest BCUT2D eigenvalue weighted by molar-refractivity contribution is 0.0954. The zero-order valence-corrected chi connectivity index (χ0v) is 15.8.